The maximum absolute atomic E-state index is 4.52. The van der Waals surface area contributed by atoms with Crippen molar-refractivity contribution in [3.05, 3.63) is 43.0 Å². The van der Waals surface area contributed by atoms with E-state index in [1.807, 2.05) is 29.1 Å². The lowest BCUT2D eigenvalue weighted by Crippen LogP contribution is -2.44. The van der Waals surface area contributed by atoms with Gasteiger partial charge in [0.2, 0.25) is 5.95 Å². The summed E-state index contributed by atoms with van der Waals surface area (Å²) in [6, 6.07) is 5.89. The molecule has 4 heterocycles. The number of benzene rings is 1. The molecule has 0 amide bonds. The molecule has 0 spiro atoms. The van der Waals surface area contributed by atoms with E-state index in [1.165, 1.54) is 0 Å². The van der Waals surface area contributed by atoms with Crippen LogP contribution in [0.15, 0.2) is 43.0 Å². The third-order valence-electron chi connectivity index (χ3n) is 4.57. The molecule has 0 saturated carbocycles. The summed E-state index contributed by atoms with van der Waals surface area (Å²) in [7, 11) is 0. The van der Waals surface area contributed by atoms with Gasteiger partial charge in [0.05, 0.1) is 23.6 Å². The van der Waals surface area contributed by atoms with Crippen molar-refractivity contribution in [3.8, 4) is 16.9 Å². The Hall–Kier alpha value is -3.33. The summed E-state index contributed by atoms with van der Waals surface area (Å²) < 4.78 is 1.81. The van der Waals surface area contributed by atoms with Crippen molar-refractivity contribution in [2.75, 3.05) is 31.1 Å². The average molecular weight is 406 g/mol. The van der Waals surface area contributed by atoms with Gasteiger partial charge in [0.25, 0.3) is 0 Å². The maximum Gasteiger partial charge on any atom is 0.245 e. The Morgan fingerprint density at radius 2 is 1.83 bits per heavy atom. The molecule has 9 nitrogen and oxygen atoms in total. The molecule has 0 unspecified atom stereocenters. The number of nitrogens with one attached hydrogen (secondary N) is 2. The van der Waals surface area contributed by atoms with Gasteiger partial charge in [-0.2, -0.15) is 10.2 Å². The predicted octanol–water partition coefficient (Wildman–Crippen LogP) is 2.67. The molecule has 1 aliphatic rings. The van der Waals surface area contributed by atoms with Gasteiger partial charge < -0.3 is 10.2 Å². The van der Waals surface area contributed by atoms with Crippen LogP contribution in [0.3, 0.4) is 0 Å². The largest absolute Gasteiger partial charge is 0.337 e. The number of nitrogens with zero attached hydrogens (tertiary/aromatic N) is 7. The quantitative estimate of drug-likeness (QED) is 0.540. The Kier molecular flexibility index (Phi) is 5.99. The second-order valence-corrected chi connectivity index (χ2v) is 7.85. The number of aromatic nitrogens is 7. The molecule has 0 atom stereocenters. The lowest BCUT2D eigenvalue weighted by atomic mass is 10.1. The fourth-order valence-corrected chi connectivity index (χ4v) is 3.25. The van der Waals surface area contributed by atoms with Gasteiger partial charge in [0.1, 0.15) is 5.69 Å². The van der Waals surface area contributed by atoms with Crippen molar-refractivity contribution in [3.63, 3.8) is 0 Å². The van der Waals surface area contributed by atoms with Crippen molar-refractivity contribution < 1.29 is 0 Å². The summed E-state index contributed by atoms with van der Waals surface area (Å²) in [5, 5.41) is 24.6. The molecule has 1 saturated heterocycles. The van der Waals surface area contributed by atoms with Crippen molar-refractivity contribution in [1.82, 2.24) is 40.5 Å². The Morgan fingerprint density at radius 3 is 2.50 bits per heavy atom. The highest BCUT2D eigenvalue weighted by molar-refractivity contribution is 5.97. The van der Waals surface area contributed by atoms with Gasteiger partial charge in [-0.15, -0.1) is 10.2 Å². The minimum absolute atomic E-state index is 0.673. The number of piperazine rings is 1. The van der Waals surface area contributed by atoms with E-state index in [2.05, 4.69) is 61.5 Å². The molecule has 3 aromatic heterocycles. The van der Waals surface area contributed by atoms with Crippen LogP contribution in [0.5, 0.6) is 0 Å². The molecule has 1 aliphatic heterocycles. The third-order valence-corrected chi connectivity index (χ3v) is 4.57. The fourth-order valence-electron chi connectivity index (χ4n) is 3.25. The zero-order valence-corrected chi connectivity index (χ0v) is 17.6. The first kappa shape index (κ1) is 20.0. The Balaban J connectivity index is 0.000000503. The first-order valence-electron chi connectivity index (χ1n) is 10.3. The van der Waals surface area contributed by atoms with E-state index in [1.54, 1.807) is 18.6 Å². The van der Waals surface area contributed by atoms with Gasteiger partial charge >= 0.3 is 0 Å². The molecule has 1 fully saturated rings. The van der Waals surface area contributed by atoms with Crippen LogP contribution in [0.1, 0.15) is 20.8 Å². The average Bonchev–Trinajstić information content (AvgIpc) is 3.46. The second kappa shape index (κ2) is 9.00. The normalized spacial score (nSPS) is 14.1. The summed E-state index contributed by atoms with van der Waals surface area (Å²) in [6.07, 6.45) is 7.22. The molecule has 30 heavy (non-hydrogen) atoms. The SMILES string of the molecule is CC(C)C.c1cnn(-c2ccc(-c3cnc(N4CCNCC4)nn3)c3cn[nH]c23)c1. The van der Waals surface area contributed by atoms with E-state index in [0.717, 1.165) is 59.9 Å². The number of aromatic amines is 1. The number of H-pyrrole nitrogens is 1. The first-order chi connectivity index (χ1) is 14.6. The Labute approximate surface area is 175 Å². The van der Waals surface area contributed by atoms with E-state index in [4.69, 9.17) is 0 Å². The number of anilines is 1. The number of rotatable bonds is 3. The molecule has 0 radical (unpaired) electrons. The summed E-state index contributed by atoms with van der Waals surface area (Å²) in [4.78, 5) is 6.66. The first-order valence-corrected chi connectivity index (χ1v) is 10.3. The third kappa shape index (κ3) is 4.30. The number of hydrogen-bond acceptors (Lipinski definition) is 7. The Bertz CT molecular complexity index is 1060. The van der Waals surface area contributed by atoms with E-state index < -0.39 is 0 Å². The molecular weight excluding hydrogens is 378 g/mol. The summed E-state index contributed by atoms with van der Waals surface area (Å²) in [5.41, 5.74) is 3.50. The molecule has 2 N–H and O–H groups in total. The standard InChI is InChI=1S/C17H17N9.C4H10/c1-4-21-26(7-1)15-3-2-12(13-10-20-23-16(13)15)14-11-19-17(24-22-14)25-8-5-18-6-9-25;1-4(2)3/h1-4,7,10-11,18H,5-6,8-9H2,(H,20,23);4H,1-3H3. The van der Waals surface area contributed by atoms with E-state index in [-0.39, 0.29) is 0 Å². The van der Waals surface area contributed by atoms with Crippen LogP contribution in [0.4, 0.5) is 5.95 Å². The molecular formula is C21H27N9. The smallest absolute Gasteiger partial charge is 0.245 e. The van der Waals surface area contributed by atoms with Gasteiger partial charge in [0.15, 0.2) is 0 Å². The summed E-state index contributed by atoms with van der Waals surface area (Å²) in [6.45, 7) is 10.2. The van der Waals surface area contributed by atoms with E-state index in [0.29, 0.717) is 5.95 Å². The summed E-state index contributed by atoms with van der Waals surface area (Å²) >= 11 is 0. The van der Waals surface area contributed by atoms with Gasteiger partial charge in [0, 0.05) is 49.5 Å². The van der Waals surface area contributed by atoms with Gasteiger partial charge in [-0.3, -0.25) is 5.10 Å². The lowest BCUT2D eigenvalue weighted by molar-refractivity contribution is 0.577. The molecule has 1 aromatic carbocycles. The number of hydrogen-bond donors (Lipinski definition) is 2. The van der Waals surface area contributed by atoms with Crippen LogP contribution in [-0.2, 0) is 0 Å². The summed E-state index contributed by atoms with van der Waals surface area (Å²) in [5.74, 6) is 1.51. The van der Waals surface area contributed by atoms with Crippen molar-refractivity contribution in [2.24, 2.45) is 5.92 Å². The zero-order valence-electron chi connectivity index (χ0n) is 17.6. The van der Waals surface area contributed by atoms with E-state index in [9.17, 15) is 0 Å². The van der Waals surface area contributed by atoms with Gasteiger partial charge in [-0.25, -0.2) is 9.67 Å². The molecule has 5 rings (SSSR count). The number of fused-ring (bicyclic) bond motifs is 1. The highest BCUT2D eigenvalue weighted by atomic mass is 15.3. The minimum atomic E-state index is 0.673. The fraction of sp³-hybridized carbons (Fsp3) is 0.381. The van der Waals surface area contributed by atoms with Crippen LogP contribution < -0.4 is 10.2 Å². The molecule has 0 bridgehead atoms. The highest BCUT2D eigenvalue weighted by Crippen LogP contribution is 2.29. The van der Waals surface area contributed by atoms with Crippen LogP contribution in [0.25, 0.3) is 27.8 Å². The van der Waals surface area contributed by atoms with Crippen LogP contribution in [-0.4, -0.2) is 61.3 Å². The van der Waals surface area contributed by atoms with Crippen molar-refractivity contribution in [2.45, 2.75) is 20.8 Å². The topological polar surface area (TPSA) is 100 Å². The molecule has 156 valence electrons. The zero-order chi connectivity index (χ0) is 20.9. The second-order valence-electron chi connectivity index (χ2n) is 7.85. The maximum atomic E-state index is 4.52. The molecule has 0 aliphatic carbocycles. The monoisotopic (exact) mass is 405 g/mol. The highest BCUT2D eigenvalue weighted by Gasteiger charge is 2.16. The minimum Gasteiger partial charge on any atom is -0.337 e. The van der Waals surface area contributed by atoms with Gasteiger partial charge in [-0.1, -0.05) is 20.8 Å². The Morgan fingerprint density at radius 1 is 1.03 bits per heavy atom. The van der Waals surface area contributed by atoms with Crippen molar-refractivity contribution >= 4 is 16.9 Å². The molecule has 9 heteroatoms. The van der Waals surface area contributed by atoms with Crippen LogP contribution >= 0.6 is 0 Å². The van der Waals surface area contributed by atoms with Crippen LogP contribution in [0.2, 0.25) is 0 Å². The van der Waals surface area contributed by atoms with Gasteiger partial charge in [-0.05, 0) is 24.1 Å². The van der Waals surface area contributed by atoms with Crippen LogP contribution in [0, 0.1) is 5.92 Å². The van der Waals surface area contributed by atoms with Crippen molar-refractivity contribution in [1.29, 1.82) is 0 Å². The van der Waals surface area contributed by atoms with E-state index >= 15 is 0 Å². The lowest BCUT2D eigenvalue weighted by Gasteiger charge is -2.26. The molecule has 4 aromatic rings. The predicted molar refractivity (Wildman–Crippen MR) is 118 cm³/mol.